The van der Waals surface area contributed by atoms with Gasteiger partial charge in [0.2, 0.25) is 5.91 Å². The van der Waals surface area contributed by atoms with Gasteiger partial charge in [0.25, 0.3) is 0 Å². The van der Waals surface area contributed by atoms with E-state index >= 15 is 0 Å². The van der Waals surface area contributed by atoms with E-state index in [1.165, 1.54) is 12.1 Å². The minimum atomic E-state index is -4.42. The molecule has 7 heteroatoms. The van der Waals surface area contributed by atoms with Crippen molar-refractivity contribution < 1.29 is 27.9 Å². The predicted octanol–water partition coefficient (Wildman–Crippen LogP) is 3.17. The van der Waals surface area contributed by atoms with E-state index in [1.807, 2.05) is 0 Å². The van der Waals surface area contributed by atoms with Gasteiger partial charge >= 0.3 is 12.1 Å². The summed E-state index contributed by atoms with van der Waals surface area (Å²) >= 11 is 0. The van der Waals surface area contributed by atoms with Crippen LogP contribution in [-0.4, -0.2) is 23.0 Å². The standard InChI is InChI=1S/C16H18F3NO3/c1-2-3-4-14(21)20-13(10-15(22)23)9-11-5-7-12(8-6-11)16(17,18)19/h2,5-8,13H,1,3-4,9-10H2,(H,20,21)(H,22,23)/t13-/m1/s1. The Bertz CT molecular complexity index is 553. The number of benzene rings is 1. The van der Waals surface area contributed by atoms with Gasteiger partial charge in [-0.25, -0.2) is 0 Å². The molecule has 0 aliphatic carbocycles. The van der Waals surface area contributed by atoms with Crippen LogP contribution >= 0.6 is 0 Å². The molecule has 0 radical (unpaired) electrons. The molecule has 0 saturated heterocycles. The number of rotatable bonds is 8. The zero-order valence-corrected chi connectivity index (χ0v) is 12.4. The van der Waals surface area contributed by atoms with Crippen LogP contribution in [-0.2, 0) is 22.2 Å². The summed E-state index contributed by atoms with van der Waals surface area (Å²) in [5.41, 5.74) is -0.251. The molecule has 126 valence electrons. The second-order valence-electron chi connectivity index (χ2n) is 5.09. The molecule has 23 heavy (non-hydrogen) atoms. The van der Waals surface area contributed by atoms with E-state index in [4.69, 9.17) is 5.11 Å². The molecular weight excluding hydrogens is 311 g/mol. The number of hydrogen-bond donors (Lipinski definition) is 2. The van der Waals surface area contributed by atoms with Gasteiger partial charge in [0.05, 0.1) is 12.0 Å². The van der Waals surface area contributed by atoms with Gasteiger partial charge < -0.3 is 10.4 Å². The third kappa shape index (κ3) is 6.99. The number of allylic oxidation sites excluding steroid dienone is 1. The van der Waals surface area contributed by atoms with Crippen LogP contribution in [0.4, 0.5) is 13.2 Å². The fourth-order valence-corrected chi connectivity index (χ4v) is 2.03. The van der Waals surface area contributed by atoms with E-state index in [9.17, 15) is 22.8 Å². The fraction of sp³-hybridized carbons (Fsp3) is 0.375. The van der Waals surface area contributed by atoms with Crippen LogP contribution in [0.15, 0.2) is 36.9 Å². The zero-order chi connectivity index (χ0) is 17.5. The Balaban J connectivity index is 2.74. The second-order valence-corrected chi connectivity index (χ2v) is 5.09. The smallest absolute Gasteiger partial charge is 0.416 e. The maximum Gasteiger partial charge on any atom is 0.416 e. The number of nitrogens with one attached hydrogen (secondary N) is 1. The highest BCUT2D eigenvalue weighted by molar-refractivity contribution is 5.77. The molecule has 0 spiro atoms. The van der Waals surface area contributed by atoms with E-state index in [-0.39, 0.29) is 25.2 Å². The lowest BCUT2D eigenvalue weighted by Gasteiger charge is -2.17. The molecule has 1 aromatic carbocycles. The van der Waals surface area contributed by atoms with Crippen molar-refractivity contribution in [2.45, 2.75) is 37.9 Å². The number of carboxylic acids is 1. The third-order valence-corrected chi connectivity index (χ3v) is 3.13. The number of carbonyl (C=O) groups excluding carboxylic acids is 1. The Hall–Kier alpha value is -2.31. The Morgan fingerprint density at radius 1 is 1.26 bits per heavy atom. The number of halogens is 3. The van der Waals surface area contributed by atoms with E-state index in [0.717, 1.165) is 12.1 Å². The van der Waals surface area contributed by atoms with Crippen molar-refractivity contribution in [2.75, 3.05) is 0 Å². The molecule has 0 aliphatic rings. The van der Waals surface area contributed by atoms with E-state index in [2.05, 4.69) is 11.9 Å². The van der Waals surface area contributed by atoms with Crippen LogP contribution in [0, 0.1) is 0 Å². The number of carbonyl (C=O) groups is 2. The quantitative estimate of drug-likeness (QED) is 0.720. The fourth-order valence-electron chi connectivity index (χ4n) is 2.03. The molecule has 2 N–H and O–H groups in total. The first-order valence-electron chi connectivity index (χ1n) is 7.00. The van der Waals surface area contributed by atoms with Crippen LogP contribution in [0.3, 0.4) is 0 Å². The molecular formula is C16H18F3NO3. The van der Waals surface area contributed by atoms with Crippen molar-refractivity contribution in [3.05, 3.63) is 48.0 Å². The lowest BCUT2D eigenvalue weighted by molar-refractivity contribution is -0.138. The van der Waals surface area contributed by atoms with Gasteiger partial charge in [0.15, 0.2) is 0 Å². The maximum atomic E-state index is 12.5. The van der Waals surface area contributed by atoms with Crippen LogP contribution in [0.2, 0.25) is 0 Å². The summed E-state index contributed by atoms with van der Waals surface area (Å²) in [6.45, 7) is 3.49. The van der Waals surface area contributed by atoms with Gasteiger partial charge in [0.1, 0.15) is 0 Å². The molecule has 0 unspecified atom stereocenters. The molecule has 1 aromatic rings. The van der Waals surface area contributed by atoms with Gasteiger partial charge in [-0.05, 0) is 30.5 Å². The SMILES string of the molecule is C=CCCC(=O)N[C@@H](CC(=O)O)Cc1ccc(C(F)(F)F)cc1. The average molecular weight is 329 g/mol. The molecule has 0 bridgehead atoms. The van der Waals surface area contributed by atoms with Gasteiger partial charge in [-0.3, -0.25) is 9.59 Å². The largest absolute Gasteiger partial charge is 0.481 e. The van der Waals surface area contributed by atoms with E-state index in [1.54, 1.807) is 6.08 Å². The molecule has 0 saturated carbocycles. The lowest BCUT2D eigenvalue weighted by atomic mass is 10.0. The Morgan fingerprint density at radius 2 is 1.87 bits per heavy atom. The second kappa shape index (κ2) is 8.36. The van der Waals surface area contributed by atoms with Crippen LogP contribution in [0.25, 0.3) is 0 Å². The Kier molecular flexibility index (Phi) is 6.81. The van der Waals surface area contributed by atoms with Gasteiger partial charge in [0, 0.05) is 12.5 Å². The summed E-state index contributed by atoms with van der Waals surface area (Å²) in [6.07, 6.45) is -2.36. The minimum absolute atomic E-state index is 0.143. The van der Waals surface area contributed by atoms with Gasteiger partial charge in [-0.1, -0.05) is 18.2 Å². The monoisotopic (exact) mass is 329 g/mol. The lowest BCUT2D eigenvalue weighted by Crippen LogP contribution is -2.37. The minimum Gasteiger partial charge on any atom is -0.481 e. The van der Waals surface area contributed by atoms with Crippen molar-refractivity contribution in [1.82, 2.24) is 5.32 Å². The molecule has 1 amide bonds. The number of aliphatic carboxylic acids is 1. The van der Waals surface area contributed by atoms with E-state index < -0.39 is 23.8 Å². The van der Waals surface area contributed by atoms with Crippen molar-refractivity contribution in [3.63, 3.8) is 0 Å². The summed E-state index contributed by atoms with van der Waals surface area (Å²) < 4.78 is 37.5. The zero-order valence-electron chi connectivity index (χ0n) is 12.4. The van der Waals surface area contributed by atoms with Gasteiger partial charge in [-0.2, -0.15) is 13.2 Å². The highest BCUT2D eigenvalue weighted by atomic mass is 19.4. The van der Waals surface area contributed by atoms with Crippen LogP contribution in [0.5, 0.6) is 0 Å². The van der Waals surface area contributed by atoms with Crippen LogP contribution < -0.4 is 5.32 Å². The number of alkyl halides is 3. The van der Waals surface area contributed by atoms with Crippen molar-refractivity contribution in [2.24, 2.45) is 0 Å². The molecule has 1 rings (SSSR count). The first-order chi connectivity index (χ1) is 10.7. The molecule has 1 atom stereocenters. The first-order valence-corrected chi connectivity index (χ1v) is 7.00. The Labute approximate surface area is 132 Å². The third-order valence-electron chi connectivity index (χ3n) is 3.13. The van der Waals surface area contributed by atoms with Crippen molar-refractivity contribution >= 4 is 11.9 Å². The average Bonchev–Trinajstić information content (AvgIpc) is 2.44. The summed E-state index contributed by atoms with van der Waals surface area (Å²) in [6, 6.07) is 3.77. The normalized spacial score (nSPS) is 12.5. The molecule has 4 nitrogen and oxygen atoms in total. The molecule has 0 heterocycles. The first kappa shape index (κ1) is 18.7. The maximum absolute atomic E-state index is 12.5. The summed E-state index contributed by atoms with van der Waals surface area (Å²) in [4.78, 5) is 22.5. The number of amides is 1. The van der Waals surface area contributed by atoms with E-state index in [0.29, 0.717) is 12.0 Å². The summed E-state index contributed by atoms with van der Waals surface area (Å²) in [7, 11) is 0. The van der Waals surface area contributed by atoms with Gasteiger partial charge in [-0.15, -0.1) is 6.58 Å². The summed E-state index contributed by atoms with van der Waals surface area (Å²) in [5.74, 6) is -1.41. The molecule has 0 aliphatic heterocycles. The summed E-state index contributed by atoms with van der Waals surface area (Å²) in [5, 5.41) is 11.5. The highest BCUT2D eigenvalue weighted by Gasteiger charge is 2.30. The molecule has 0 fully saturated rings. The topological polar surface area (TPSA) is 66.4 Å². The van der Waals surface area contributed by atoms with Crippen LogP contribution in [0.1, 0.15) is 30.4 Å². The number of carboxylic acid groups (broad SMARTS) is 1. The number of hydrogen-bond acceptors (Lipinski definition) is 2. The van der Waals surface area contributed by atoms with Crippen molar-refractivity contribution in [1.29, 1.82) is 0 Å². The predicted molar refractivity (Wildman–Crippen MR) is 78.8 cm³/mol. The van der Waals surface area contributed by atoms with Crippen molar-refractivity contribution in [3.8, 4) is 0 Å². The highest BCUT2D eigenvalue weighted by Crippen LogP contribution is 2.29. The molecule has 0 aromatic heterocycles. The Morgan fingerprint density at radius 3 is 2.35 bits per heavy atom.